The number of carboxylic acids is 1. The second-order valence-corrected chi connectivity index (χ2v) is 1.10. The molecule has 0 unspecified atom stereocenters. The van der Waals surface area contributed by atoms with Gasteiger partial charge in [0.1, 0.15) is 8.84 Å². The quantitative estimate of drug-likeness (QED) is 0.440. The van der Waals surface area contributed by atoms with E-state index in [4.69, 9.17) is 17.1 Å². The van der Waals surface area contributed by atoms with Crippen molar-refractivity contribution >= 4 is 5.97 Å². The molecule has 0 bridgehead atoms. The van der Waals surface area contributed by atoms with Gasteiger partial charge in [-0.2, -0.15) is 0 Å². The lowest BCUT2D eigenvalue weighted by atomic mass is 10.2. The first-order valence-corrected chi connectivity index (χ1v) is 1.73. The van der Waals surface area contributed by atoms with Gasteiger partial charge in [-0.05, 0) is 6.90 Å². The monoisotopic (exact) mass is 124 g/mol. The van der Waals surface area contributed by atoms with Crippen LogP contribution >= 0.6 is 0 Å². The van der Waals surface area contributed by atoms with Gasteiger partial charge in [-0.3, -0.25) is 4.79 Å². The fourth-order valence-corrected chi connectivity index (χ4v) is 0.123. The first-order valence-electron chi connectivity index (χ1n) is 4.33. The Balaban J connectivity index is 5.13. The van der Waals surface area contributed by atoms with Crippen LogP contribution in [0, 0.1) is 0 Å². The molecule has 0 saturated carbocycles. The second kappa shape index (κ2) is 2.64. The minimum atomic E-state index is -3.19. The van der Waals surface area contributed by atoms with Crippen LogP contribution in [0.3, 0.4) is 0 Å². The Kier molecular flexibility index (Phi) is 0.767. The van der Waals surface area contributed by atoms with Crippen LogP contribution < -0.4 is 5.72 Å². The highest BCUT2D eigenvalue weighted by molar-refractivity contribution is 5.73. The predicted molar refractivity (Wildman–Crippen MR) is 27.3 cm³/mol. The zero-order chi connectivity index (χ0) is 10.9. The lowest BCUT2D eigenvalue weighted by molar-refractivity contribution is -0.140. The Morgan fingerprint density at radius 3 is 3.00 bits per heavy atom. The molecule has 0 amide bonds. The maximum atomic E-state index is 10.4. The normalized spacial score (nSPS) is 34.5. The van der Waals surface area contributed by atoms with E-state index in [0.717, 1.165) is 0 Å². The maximum absolute atomic E-state index is 10.4. The van der Waals surface area contributed by atoms with Crippen molar-refractivity contribution in [2.24, 2.45) is 5.72 Å². The minimum absolute atomic E-state index is 0.614. The zero-order valence-electron chi connectivity index (χ0n) is 8.96. The number of carbonyl (C=O) groups is 1. The summed E-state index contributed by atoms with van der Waals surface area (Å²) in [6, 6.07) is -3.19. The van der Waals surface area contributed by atoms with Crippen molar-refractivity contribution in [3.63, 3.8) is 0 Å². The van der Waals surface area contributed by atoms with E-state index in [0.29, 0.717) is 0 Å². The maximum Gasteiger partial charge on any atom is 0.323 e. The van der Waals surface area contributed by atoms with E-state index in [1.807, 2.05) is 0 Å². The van der Waals surface area contributed by atoms with Crippen LogP contribution in [0.4, 0.5) is 0 Å². The summed E-state index contributed by atoms with van der Waals surface area (Å²) in [4.78, 5) is 10.4. The summed E-state index contributed by atoms with van der Waals surface area (Å²) < 4.78 is 33.7. The Labute approximate surface area is 54.1 Å². The molecular weight excluding hydrogens is 110 g/mol. The molecule has 4 heteroatoms. The fraction of sp³-hybridized carbons (Fsp3) is 0.750. The third kappa shape index (κ3) is 1.90. The van der Waals surface area contributed by atoms with Crippen LogP contribution in [0.25, 0.3) is 0 Å². The molecule has 0 saturated heterocycles. The molecule has 0 heterocycles. The van der Waals surface area contributed by atoms with Crippen molar-refractivity contribution in [2.75, 3.05) is 0 Å². The first kappa shape index (κ1) is 2.33. The topological polar surface area (TPSA) is 83.5 Å². The fourth-order valence-electron chi connectivity index (χ4n) is 0.123. The minimum Gasteiger partial charge on any atom is -0.480 e. The molecule has 0 aliphatic heterocycles. The van der Waals surface area contributed by atoms with E-state index in [-0.39, 0.29) is 0 Å². The molecule has 0 aliphatic carbocycles. The molecule has 48 valence electrons. The highest BCUT2D eigenvalue weighted by atomic mass is 16.4. The van der Waals surface area contributed by atoms with Gasteiger partial charge in [-0.15, -0.1) is 0 Å². The van der Waals surface area contributed by atoms with Crippen LogP contribution in [0.2, 0.25) is 2.82 Å². The van der Waals surface area contributed by atoms with Crippen molar-refractivity contribution < 1.29 is 21.9 Å². The van der Waals surface area contributed by atoms with E-state index in [1.165, 1.54) is 0 Å². The van der Waals surface area contributed by atoms with Crippen molar-refractivity contribution in [1.29, 1.82) is 0 Å². The van der Waals surface area contributed by atoms with Gasteiger partial charge in [0, 0.05) is 1.37 Å². The van der Waals surface area contributed by atoms with E-state index < -0.39 is 30.7 Å². The molecule has 0 fully saturated rings. The summed E-state index contributed by atoms with van der Waals surface area (Å²) >= 11 is 0. The molecule has 0 aromatic carbocycles. The lowest BCUT2D eigenvalue weighted by Crippen LogP contribution is -2.39. The van der Waals surface area contributed by atoms with Gasteiger partial charge < -0.3 is 15.9 Å². The molecular formula is C4H9NO3. The number of nitrogens with two attached hydrogens (primary N) is 1. The first-order chi connectivity index (χ1) is 5.70. The highest BCUT2D eigenvalue weighted by Crippen LogP contribution is 1.85. The average Bonchev–Trinajstić information content (AvgIpc) is 2.01. The Bertz CT molecular complexity index is 210. The van der Waals surface area contributed by atoms with Gasteiger partial charge in [-0.25, -0.2) is 0 Å². The lowest BCUT2D eigenvalue weighted by Gasteiger charge is -2.06. The van der Waals surface area contributed by atoms with Crippen molar-refractivity contribution in [2.45, 2.75) is 19.0 Å². The Morgan fingerprint density at radius 2 is 2.88 bits per heavy atom. The van der Waals surface area contributed by atoms with Crippen molar-refractivity contribution in [1.82, 2.24) is 0 Å². The van der Waals surface area contributed by atoms with Crippen LogP contribution in [0.1, 0.15) is 11.0 Å². The van der Waals surface area contributed by atoms with E-state index in [2.05, 4.69) is 0 Å². The van der Waals surface area contributed by atoms with Gasteiger partial charge in [-0.1, -0.05) is 0 Å². The van der Waals surface area contributed by atoms with Crippen LogP contribution in [0.15, 0.2) is 0 Å². The summed E-state index contributed by atoms with van der Waals surface area (Å²) in [5.74, 6) is -2.03. The van der Waals surface area contributed by atoms with Crippen LogP contribution in [-0.2, 0) is 4.79 Å². The number of hydrogen-bond acceptors (Lipinski definition) is 3. The zero-order valence-corrected chi connectivity index (χ0v) is 3.96. The molecule has 4 N–H and O–H groups in total. The number of hydrogen-bond donors (Lipinski definition) is 3. The van der Waals surface area contributed by atoms with Gasteiger partial charge >= 0.3 is 5.97 Å². The number of rotatable bonds is 3. The van der Waals surface area contributed by atoms with Gasteiger partial charge in [0.25, 0.3) is 0 Å². The van der Waals surface area contributed by atoms with Crippen molar-refractivity contribution in [3.8, 4) is 0 Å². The van der Waals surface area contributed by atoms with E-state index in [1.54, 1.807) is 0 Å². The third-order valence-corrected chi connectivity index (χ3v) is 0.476. The predicted octanol–water partition coefficient (Wildman–Crippen LogP) is -1.22. The van der Waals surface area contributed by atoms with Gasteiger partial charge in [0.05, 0.1) is 8.82 Å². The second-order valence-electron chi connectivity index (χ2n) is 1.10. The number of carboxylic acid groups (broad SMARTS) is 1. The van der Waals surface area contributed by atoms with E-state index in [9.17, 15) is 4.79 Å². The molecule has 0 spiro atoms. The third-order valence-electron chi connectivity index (χ3n) is 0.476. The van der Waals surface area contributed by atoms with Crippen molar-refractivity contribution in [3.05, 3.63) is 0 Å². The highest BCUT2D eigenvalue weighted by Gasteiger charge is 2.16. The molecule has 0 aromatic rings. The molecule has 8 heavy (non-hydrogen) atoms. The van der Waals surface area contributed by atoms with Crippen LogP contribution in [0.5, 0.6) is 0 Å². The Hall–Kier alpha value is -0.610. The summed E-state index contributed by atoms with van der Waals surface area (Å²) in [5.41, 5.74) is -0.614. The van der Waals surface area contributed by atoms with E-state index >= 15 is 0 Å². The standard InChI is InChI=1S/C4H9NO3/c1-2(6)3(5)4(7)8/h2-3,6H,5H2,1H3,(H,7,8)/t2-,3+/m1/s1/i1D,2D,3D/hD2. The number of aliphatic hydroxyl groups is 1. The Morgan fingerprint density at radius 1 is 2.25 bits per heavy atom. The summed E-state index contributed by atoms with van der Waals surface area (Å²) in [6.45, 7) is -1.11. The molecule has 0 aromatic heterocycles. The summed E-state index contributed by atoms with van der Waals surface area (Å²) in [6.07, 6.45) is -3.03. The molecule has 0 rings (SSSR count). The summed E-state index contributed by atoms with van der Waals surface area (Å²) in [7, 11) is 0. The average molecular weight is 124 g/mol. The molecule has 2 atom stereocenters. The van der Waals surface area contributed by atoms with Gasteiger partial charge in [0.15, 0.2) is 0 Å². The van der Waals surface area contributed by atoms with Gasteiger partial charge in [0.2, 0.25) is 0 Å². The molecule has 0 radical (unpaired) electrons. The number of aliphatic carboxylic acids is 1. The smallest absolute Gasteiger partial charge is 0.323 e. The molecule has 4 nitrogen and oxygen atoms in total. The van der Waals surface area contributed by atoms with Crippen LogP contribution in [-0.4, -0.2) is 28.3 Å². The molecule has 0 aliphatic rings. The summed E-state index contributed by atoms with van der Waals surface area (Å²) in [5, 5.41) is 17.4. The SMILES string of the molecule is [2H]C[C@@]([2H])(O)[C@@]([2H])(C(=O)O)N([2H])[2H]. The largest absolute Gasteiger partial charge is 0.480 e.